The van der Waals surface area contributed by atoms with E-state index in [0.29, 0.717) is 13.1 Å². The molecule has 0 bridgehead atoms. The van der Waals surface area contributed by atoms with E-state index < -0.39 is 5.60 Å². The summed E-state index contributed by atoms with van der Waals surface area (Å²) in [4.78, 5) is 13.5. The van der Waals surface area contributed by atoms with Crippen LogP contribution in [0.1, 0.15) is 27.7 Å². The van der Waals surface area contributed by atoms with Crippen LogP contribution in [0.25, 0.3) is 0 Å². The molecule has 1 aliphatic rings. The molecule has 1 amide bonds. The van der Waals surface area contributed by atoms with Gasteiger partial charge in [0.25, 0.3) is 0 Å². The molecular formula is C13H21NO2. The monoisotopic (exact) mass is 223 g/mol. The summed E-state index contributed by atoms with van der Waals surface area (Å²) in [5.41, 5.74) is 0.640. The van der Waals surface area contributed by atoms with Gasteiger partial charge in [0.2, 0.25) is 0 Å². The maximum Gasteiger partial charge on any atom is 0.410 e. The number of rotatable bonds is 1. The van der Waals surface area contributed by atoms with Crippen molar-refractivity contribution in [3.8, 4) is 0 Å². The second-order valence-electron chi connectivity index (χ2n) is 5.15. The molecule has 1 atom stereocenters. The van der Waals surface area contributed by atoms with Gasteiger partial charge < -0.3 is 9.64 Å². The fourth-order valence-electron chi connectivity index (χ4n) is 1.69. The molecule has 0 radical (unpaired) electrons. The van der Waals surface area contributed by atoms with Crippen LogP contribution in [-0.2, 0) is 4.74 Å². The van der Waals surface area contributed by atoms with Crippen LogP contribution in [0.4, 0.5) is 4.79 Å². The summed E-state index contributed by atoms with van der Waals surface area (Å²) in [6, 6.07) is 0. The van der Waals surface area contributed by atoms with Crippen molar-refractivity contribution in [1.82, 2.24) is 4.90 Å². The summed E-state index contributed by atoms with van der Waals surface area (Å²) in [7, 11) is 0. The van der Waals surface area contributed by atoms with E-state index in [0.717, 1.165) is 5.57 Å². The summed E-state index contributed by atoms with van der Waals surface area (Å²) < 4.78 is 5.32. The summed E-state index contributed by atoms with van der Waals surface area (Å²) in [5, 5.41) is 0. The van der Waals surface area contributed by atoms with Crippen molar-refractivity contribution in [2.24, 2.45) is 5.92 Å². The van der Waals surface area contributed by atoms with Gasteiger partial charge in [-0.15, -0.1) is 0 Å². The normalized spacial score (nSPS) is 21.9. The Morgan fingerprint density at radius 3 is 2.69 bits per heavy atom. The number of carbonyl (C=O) groups is 1. The molecule has 0 aromatic heterocycles. The van der Waals surface area contributed by atoms with Crippen molar-refractivity contribution in [2.45, 2.75) is 33.3 Å². The van der Waals surface area contributed by atoms with Gasteiger partial charge in [0.1, 0.15) is 5.60 Å². The number of allylic oxidation sites excluding steroid dienone is 1. The average molecular weight is 223 g/mol. The molecule has 3 heteroatoms. The molecular weight excluding hydrogens is 202 g/mol. The molecule has 0 saturated carbocycles. The summed E-state index contributed by atoms with van der Waals surface area (Å²) in [6.07, 6.45) is 3.82. The fourth-order valence-corrected chi connectivity index (χ4v) is 1.69. The van der Waals surface area contributed by atoms with E-state index >= 15 is 0 Å². The van der Waals surface area contributed by atoms with Crippen LogP contribution in [0.2, 0.25) is 0 Å². The highest BCUT2D eigenvalue weighted by Crippen LogP contribution is 2.24. The van der Waals surface area contributed by atoms with Crippen molar-refractivity contribution < 1.29 is 9.53 Å². The van der Waals surface area contributed by atoms with Crippen LogP contribution in [-0.4, -0.2) is 29.7 Å². The molecule has 0 N–H and O–H groups in total. The molecule has 1 unspecified atom stereocenters. The maximum absolute atomic E-state index is 11.8. The van der Waals surface area contributed by atoms with Gasteiger partial charge >= 0.3 is 6.09 Å². The predicted octanol–water partition coefficient (Wildman–Crippen LogP) is 2.99. The highest BCUT2D eigenvalue weighted by molar-refractivity contribution is 5.69. The summed E-state index contributed by atoms with van der Waals surface area (Å²) >= 11 is 0. The molecule has 0 aliphatic carbocycles. The minimum Gasteiger partial charge on any atom is -0.444 e. The Labute approximate surface area is 97.8 Å². The van der Waals surface area contributed by atoms with E-state index in [-0.39, 0.29) is 12.0 Å². The molecule has 1 fully saturated rings. The third kappa shape index (κ3) is 3.40. The van der Waals surface area contributed by atoms with Crippen LogP contribution in [0.15, 0.2) is 24.3 Å². The van der Waals surface area contributed by atoms with Crippen LogP contribution in [0.3, 0.4) is 0 Å². The van der Waals surface area contributed by atoms with Gasteiger partial charge in [0, 0.05) is 19.0 Å². The lowest BCUT2D eigenvalue weighted by atomic mass is 10.0. The van der Waals surface area contributed by atoms with E-state index in [1.165, 1.54) is 0 Å². The highest BCUT2D eigenvalue weighted by atomic mass is 16.6. The lowest BCUT2D eigenvalue weighted by Gasteiger charge is -2.24. The smallest absolute Gasteiger partial charge is 0.410 e. The van der Waals surface area contributed by atoms with Crippen LogP contribution in [0, 0.1) is 5.92 Å². The molecule has 3 nitrogen and oxygen atoms in total. The molecule has 0 aromatic carbocycles. The molecule has 16 heavy (non-hydrogen) atoms. The quantitative estimate of drug-likeness (QED) is 0.640. The molecule has 1 heterocycles. The first-order chi connectivity index (χ1) is 7.33. The number of nitrogens with zero attached hydrogens (tertiary/aromatic N) is 1. The first kappa shape index (κ1) is 12.8. The van der Waals surface area contributed by atoms with Gasteiger partial charge in [-0.2, -0.15) is 0 Å². The Bertz CT molecular complexity index is 312. The number of hydrogen-bond donors (Lipinski definition) is 0. The Hall–Kier alpha value is -1.25. The van der Waals surface area contributed by atoms with Crippen molar-refractivity contribution >= 4 is 6.09 Å². The molecule has 1 aliphatic heterocycles. The number of amides is 1. The summed E-state index contributed by atoms with van der Waals surface area (Å²) in [6.45, 7) is 12.9. The molecule has 1 rings (SSSR count). The van der Waals surface area contributed by atoms with Gasteiger partial charge in [0.15, 0.2) is 0 Å². The third-order valence-electron chi connectivity index (χ3n) is 2.41. The predicted molar refractivity (Wildman–Crippen MR) is 65.3 cm³/mol. The molecule has 0 aromatic rings. The van der Waals surface area contributed by atoms with E-state index in [9.17, 15) is 4.79 Å². The third-order valence-corrected chi connectivity index (χ3v) is 2.41. The lowest BCUT2D eigenvalue weighted by molar-refractivity contribution is 0.0294. The lowest BCUT2D eigenvalue weighted by Crippen LogP contribution is -2.35. The number of likely N-dealkylation sites (tertiary alicyclic amines) is 1. The van der Waals surface area contributed by atoms with Crippen molar-refractivity contribution in [3.05, 3.63) is 24.3 Å². The number of carbonyl (C=O) groups excluding carboxylic acids is 1. The Morgan fingerprint density at radius 1 is 1.56 bits per heavy atom. The minimum absolute atomic E-state index is 0.249. The molecule has 1 saturated heterocycles. The van der Waals surface area contributed by atoms with Crippen LogP contribution in [0.5, 0.6) is 0 Å². The number of hydrogen-bond acceptors (Lipinski definition) is 2. The Morgan fingerprint density at radius 2 is 2.19 bits per heavy atom. The Kier molecular flexibility index (Phi) is 3.79. The van der Waals surface area contributed by atoms with Gasteiger partial charge in [-0.3, -0.25) is 0 Å². The average Bonchev–Trinajstić information content (AvgIpc) is 2.46. The zero-order valence-corrected chi connectivity index (χ0v) is 10.6. The van der Waals surface area contributed by atoms with E-state index in [2.05, 4.69) is 12.7 Å². The van der Waals surface area contributed by atoms with Crippen molar-refractivity contribution in [1.29, 1.82) is 0 Å². The minimum atomic E-state index is -0.433. The van der Waals surface area contributed by atoms with Gasteiger partial charge in [-0.1, -0.05) is 18.7 Å². The van der Waals surface area contributed by atoms with Crippen LogP contribution < -0.4 is 0 Å². The van der Waals surface area contributed by atoms with E-state index in [4.69, 9.17) is 4.74 Å². The maximum atomic E-state index is 11.8. The van der Waals surface area contributed by atoms with Gasteiger partial charge in [0.05, 0.1) is 0 Å². The second kappa shape index (κ2) is 4.73. The molecule has 90 valence electrons. The molecule has 0 spiro atoms. The summed E-state index contributed by atoms with van der Waals surface area (Å²) in [5.74, 6) is 0.275. The zero-order chi connectivity index (χ0) is 12.3. The standard InChI is InChI=1S/C13H21NO2/c1-6-7-11-9-14(8-10(11)2)12(15)16-13(3,4)5/h6-7,11H,2,8-9H2,1,3-5H3/b7-6+. The highest BCUT2D eigenvalue weighted by Gasteiger charge is 2.30. The van der Waals surface area contributed by atoms with E-state index in [1.54, 1.807) is 4.90 Å². The van der Waals surface area contributed by atoms with E-state index in [1.807, 2.05) is 33.8 Å². The van der Waals surface area contributed by atoms with Crippen molar-refractivity contribution in [2.75, 3.05) is 13.1 Å². The topological polar surface area (TPSA) is 29.5 Å². The first-order valence-corrected chi connectivity index (χ1v) is 5.62. The largest absolute Gasteiger partial charge is 0.444 e. The van der Waals surface area contributed by atoms with Gasteiger partial charge in [-0.25, -0.2) is 4.79 Å². The Balaban J connectivity index is 2.58. The number of ether oxygens (including phenoxy) is 1. The van der Waals surface area contributed by atoms with Gasteiger partial charge in [-0.05, 0) is 33.3 Å². The fraction of sp³-hybridized carbons (Fsp3) is 0.615. The zero-order valence-electron chi connectivity index (χ0n) is 10.6. The van der Waals surface area contributed by atoms with Crippen LogP contribution >= 0.6 is 0 Å². The van der Waals surface area contributed by atoms with Crippen molar-refractivity contribution in [3.63, 3.8) is 0 Å². The second-order valence-corrected chi connectivity index (χ2v) is 5.15. The first-order valence-electron chi connectivity index (χ1n) is 5.62. The SMILES string of the molecule is C=C1CN(C(=O)OC(C)(C)C)CC1/C=C/C.